The van der Waals surface area contributed by atoms with Gasteiger partial charge in [0.1, 0.15) is 0 Å². The molecule has 0 N–H and O–H groups in total. The summed E-state index contributed by atoms with van der Waals surface area (Å²) in [5.41, 5.74) is 1.22. The van der Waals surface area contributed by atoms with E-state index < -0.39 is 0 Å². The monoisotopic (exact) mass is 155 g/mol. The predicted molar refractivity (Wildman–Crippen MR) is 42.0 cm³/mol. The highest BCUT2D eigenvalue weighted by Gasteiger charge is 2.05. The van der Waals surface area contributed by atoms with Crippen LogP contribution < -0.4 is 4.68 Å². The highest BCUT2D eigenvalue weighted by molar-refractivity contribution is 4.91. The Morgan fingerprint density at radius 3 is 2.82 bits per heavy atom. The van der Waals surface area contributed by atoms with Crippen molar-refractivity contribution in [2.75, 3.05) is 6.61 Å². The van der Waals surface area contributed by atoms with Crippen LogP contribution in [0.25, 0.3) is 0 Å². The minimum Gasteiger partial charge on any atom is -0.355 e. The molecule has 0 aliphatic rings. The van der Waals surface area contributed by atoms with E-state index in [-0.39, 0.29) is 0 Å². The second-order valence-corrected chi connectivity index (χ2v) is 2.55. The third kappa shape index (κ3) is 1.80. The Morgan fingerprint density at radius 2 is 2.36 bits per heavy atom. The van der Waals surface area contributed by atoms with Crippen LogP contribution in [0.3, 0.4) is 0 Å². The highest BCUT2D eigenvalue weighted by atomic mass is 16.5. The summed E-state index contributed by atoms with van der Waals surface area (Å²) >= 11 is 0. The molecule has 11 heavy (non-hydrogen) atoms. The first-order valence-electron chi connectivity index (χ1n) is 3.85. The summed E-state index contributed by atoms with van der Waals surface area (Å²) in [5.74, 6) is 0. The number of rotatable bonds is 3. The van der Waals surface area contributed by atoms with E-state index in [1.165, 1.54) is 5.69 Å². The van der Waals surface area contributed by atoms with Gasteiger partial charge in [-0.05, 0) is 13.8 Å². The Labute approximate surface area is 67.2 Å². The zero-order valence-electron chi connectivity index (χ0n) is 7.37. The molecule has 3 nitrogen and oxygen atoms in total. The van der Waals surface area contributed by atoms with E-state index in [1.54, 1.807) is 0 Å². The molecule has 1 aromatic heterocycles. The molecule has 0 amide bonds. The van der Waals surface area contributed by atoms with E-state index in [1.807, 2.05) is 24.9 Å². The number of hydrogen-bond donors (Lipinski definition) is 0. The second kappa shape index (κ2) is 3.53. The molecule has 0 aliphatic carbocycles. The van der Waals surface area contributed by atoms with Crippen LogP contribution in [-0.2, 0) is 18.5 Å². The summed E-state index contributed by atoms with van der Waals surface area (Å²) in [7, 11) is 2.01. The topological polar surface area (TPSA) is 18.0 Å². The summed E-state index contributed by atoms with van der Waals surface area (Å²) < 4.78 is 9.37. The van der Waals surface area contributed by atoms with E-state index in [0.717, 1.165) is 6.61 Å². The Balaban J connectivity index is 2.67. The number of hydrogen-bond acceptors (Lipinski definition) is 1. The van der Waals surface area contributed by atoms with Gasteiger partial charge in [-0.1, -0.05) is 0 Å². The number of aryl methyl sites for hydroxylation is 2. The molecular weight excluding hydrogens is 140 g/mol. The molecule has 0 saturated heterocycles. The van der Waals surface area contributed by atoms with Crippen LogP contribution in [0.2, 0.25) is 0 Å². The van der Waals surface area contributed by atoms with Gasteiger partial charge in [-0.25, -0.2) is 0 Å². The van der Waals surface area contributed by atoms with Gasteiger partial charge in [0.05, 0.1) is 5.69 Å². The zero-order valence-corrected chi connectivity index (χ0v) is 7.37. The van der Waals surface area contributed by atoms with Crippen molar-refractivity contribution in [3.05, 3.63) is 18.0 Å². The van der Waals surface area contributed by atoms with Gasteiger partial charge in [0.15, 0.2) is 20.0 Å². The molecule has 0 atom stereocenters. The molecule has 0 radical (unpaired) electrons. The van der Waals surface area contributed by atoms with Gasteiger partial charge in [0.2, 0.25) is 0 Å². The molecule has 0 saturated carbocycles. The fourth-order valence-electron chi connectivity index (χ4n) is 1.00. The minimum atomic E-state index is 0.645. The Kier molecular flexibility index (Phi) is 2.65. The lowest BCUT2D eigenvalue weighted by atomic mass is 10.5. The van der Waals surface area contributed by atoms with E-state index in [4.69, 9.17) is 4.74 Å². The second-order valence-electron chi connectivity index (χ2n) is 2.55. The van der Waals surface area contributed by atoms with Crippen molar-refractivity contribution < 1.29 is 9.42 Å². The van der Waals surface area contributed by atoms with Crippen LogP contribution in [0.4, 0.5) is 0 Å². The third-order valence-corrected chi connectivity index (χ3v) is 1.74. The van der Waals surface area contributed by atoms with Gasteiger partial charge < -0.3 is 4.74 Å². The maximum atomic E-state index is 5.28. The maximum absolute atomic E-state index is 5.28. The highest BCUT2D eigenvalue weighted by Crippen LogP contribution is 1.93. The standard InChI is InChI=1S/C8H15N2O/c1-4-11-7-10-8(2)5-6-9(10)3/h5-6H,4,7H2,1-3H3/q+1. The molecule has 0 spiro atoms. The number of aromatic nitrogens is 2. The first kappa shape index (κ1) is 8.27. The van der Waals surface area contributed by atoms with Crippen molar-refractivity contribution in [2.24, 2.45) is 7.05 Å². The largest absolute Gasteiger partial charge is 0.355 e. The van der Waals surface area contributed by atoms with Crippen LogP contribution in [0.1, 0.15) is 12.6 Å². The van der Waals surface area contributed by atoms with Crippen molar-refractivity contribution in [1.82, 2.24) is 4.68 Å². The van der Waals surface area contributed by atoms with Gasteiger partial charge in [-0.15, -0.1) is 9.36 Å². The van der Waals surface area contributed by atoms with Crippen molar-refractivity contribution >= 4 is 0 Å². The molecule has 1 heterocycles. The lowest BCUT2D eigenvalue weighted by molar-refractivity contribution is -0.757. The van der Waals surface area contributed by atoms with E-state index in [0.29, 0.717) is 6.73 Å². The van der Waals surface area contributed by atoms with Crippen molar-refractivity contribution in [2.45, 2.75) is 20.6 Å². The van der Waals surface area contributed by atoms with Crippen molar-refractivity contribution in [3.63, 3.8) is 0 Å². The van der Waals surface area contributed by atoms with E-state index in [9.17, 15) is 0 Å². The van der Waals surface area contributed by atoms with E-state index in [2.05, 4.69) is 17.7 Å². The molecule has 1 rings (SSSR count). The minimum absolute atomic E-state index is 0.645. The smallest absolute Gasteiger partial charge is 0.195 e. The third-order valence-electron chi connectivity index (χ3n) is 1.74. The van der Waals surface area contributed by atoms with Gasteiger partial charge in [0, 0.05) is 12.7 Å². The normalized spacial score (nSPS) is 10.5. The van der Waals surface area contributed by atoms with Crippen LogP contribution in [0, 0.1) is 6.92 Å². The summed E-state index contributed by atoms with van der Waals surface area (Å²) in [4.78, 5) is 0. The molecule has 0 bridgehead atoms. The summed E-state index contributed by atoms with van der Waals surface area (Å²) in [6.45, 7) is 5.47. The van der Waals surface area contributed by atoms with Crippen molar-refractivity contribution in [3.8, 4) is 0 Å². The average molecular weight is 155 g/mol. The summed E-state index contributed by atoms with van der Waals surface area (Å²) in [5, 5.41) is 0. The maximum Gasteiger partial charge on any atom is 0.195 e. The fraction of sp³-hybridized carbons (Fsp3) is 0.625. The molecule has 3 heteroatoms. The van der Waals surface area contributed by atoms with Gasteiger partial charge in [-0.3, -0.25) is 0 Å². The first-order chi connectivity index (χ1) is 5.25. The van der Waals surface area contributed by atoms with Crippen LogP contribution >= 0.6 is 0 Å². The SMILES string of the molecule is CCOCn1c(C)cc[n+]1C. The van der Waals surface area contributed by atoms with Gasteiger partial charge in [0.25, 0.3) is 0 Å². The quantitative estimate of drug-likeness (QED) is 0.585. The number of ether oxygens (including phenoxy) is 1. The van der Waals surface area contributed by atoms with Crippen molar-refractivity contribution in [1.29, 1.82) is 0 Å². The zero-order chi connectivity index (χ0) is 8.27. The van der Waals surface area contributed by atoms with Gasteiger partial charge in [-0.2, -0.15) is 0 Å². The molecular formula is C8H15N2O+. The summed E-state index contributed by atoms with van der Waals surface area (Å²) in [6, 6.07) is 2.07. The predicted octanol–water partition coefficient (Wildman–Crippen LogP) is 0.615. The van der Waals surface area contributed by atoms with Gasteiger partial charge >= 0.3 is 0 Å². The van der Waals surface area contributed by atoms with E-state index >= 15 is 0 Å². The summed E-state index contributed by atoms with van der Waals surface area (Å²) in [6.07, 6.45) is 2.02. The van der Waals surface area contributed by atoms with Crippen LogP contribution in [-0.4, -0.2) is 11.3 Å². The Hall–Kier alpha value is -0.830. The molecule has 62 valence electrons. The Bertz CT molecular complexity index is 210. The van der Waals surface area contributed by atoms with Crippen LogP contribution in [0.15, 0.2) is 12.3 Å². The molecule has 1 aromatic rings. The molecule has 0 aromatic carbocycles. The molecule has 0 aliphatic heterocycles. The molecule has 0 fully saturated rings. The van der Waals surface area contributed by atoms with Crippen LogP contribution in [0.5, 0.6) is 0 Å². The lowest BCUT2D eigenvalue weighted by Crippen LogP contribution is -2.39. The molecule has 0 unspecified atom stereocenters. The Morgan fingerprint density at radius 1 is 1.64 bits per heavy atom. The number of nitrogens with zero attached hydrogens (tertiary/aromatic N) is 2. The average Bonchev–Trinajstić information content (AvgIpc) is 2.29. The first-order valence-corrected chi connectivity index (χ1v) is 3.85. The fourth-order valence-corrected chi connectivity index (χ4v) is 1.00. The lowest BCUT2D eigenvalue weighted by Gasteiger charge is -2.01.